The molecule has 0 spiro atoms. The Kier molecular flexibility index (Phi) is 3.73. The molecule has 0 radical (unpaired) electrons. The standard InChI is InChI=1S/C16H19BrN2S/c1-16(2)8-12(18-3)14-13(9-16)19-15(20-14)10-5-4-6-11(17)7-10/h4-7,12,18H,8-9H2,1-3H3. The van der Waals surface area contributed by atoms with E-state index in [2.05, 4.69) is 59.4 Å². The predicted octanol–water partition coefficient (Wildman–Crippen LogP) is 4.81. The summed E-state index contributed by atoms with van der Waals surface area (Å²) in [4.78, 5) is 6.33. The third kappa shape index (κ3) is 2.69. The van der Waals surface area contributed by atoms with Crippen molar-refractivity contribution >= 4 is 27.3 Å². The molecule has 1 aromatic carbocycles. The molecule has 0 aliphatic heterocycles. The van der Waals surface area contributed by atoms with Crippen LogP contribution in [0, 0.1) is 5.41 Å². The summed E-state index contributed by atoms with van der Waals surface area (Å²) < 4.78 is 1.11. The van der Waals surface area contributed by atoms with Crippen molar-refractivity contribution in [1.29, 1.82) is 0 Å². The van der Waals surface area contributed by atoms with Gasteiger partial charge in [0, 0.05) is 21.0 Å². The van der Waals surface area contributed by atoms with E-state index in [1.165, 1.54) is 22.6 Å². The first kappa shape index (κ1) is 14.2. The molecule has 1 aliphatic rings. The number of hydrogen-bond acceptors (Lipinski definition) is 3. The van der Waals surface area contributed by atoms with Gasteiger partial charge in [-0.15, -0.1) is 11.3 Å². The maximum Gasteiger partial charge on any atom is 0.123 e. The molecule has 1 aromatic heterocycles. The molecule has 1 aliphatic carbocycles. The third-order valence-electron chi connectivity index (χ3n) is 3.87. The van der Waals surface area contributed by atoms with Gasteiger partial charge < -0.3 is 5.32 Å². The molecule has 20 heavy (non-hydrogen) atoms. The highest BCUT2D eigenvalue weighted by Crippen LogP contribution is 2.44. The van der Waals surface area contributed by atoms with Gasteiger partial charge in [-0.25, -0.2) is 4.98 Å². The van der Waals surface area contributed by atoms with E-state index in [0.29, 0.717) is 11.5 Å². The van der Waals surface area contributed by atoms with Gasteiger partial charge in [-0.05, 0) is 37.4 Å². The van der Waals surface area contributed by atoms with Crippen LogP contribution in [0.25, 0.3) is 10.6 Å². The Morgan fingerprint density at radius 3 is 2.90 bits per heavy atom. The third-order valence-corrected chi connectivity index (χ3v) is 5.62. The smallest absolute Gasteiger partial charge is 0.123 e. The number of halogens is 1. The first-order valence-corrected chi connectivity index (χ1v) is 8.52. The molecule has 2 aromatic rings. The van der Waals surface area contributed by atoms with E-state index in [1.54, 1.807) is 0 Å². The summed E-state index contributed by atoms with van der Waals surface area (Å²) in [6.45, 7) is 4.66. The number of fused-ring (bicyclic) bond motifs is 1. The number of thiazole rings is 1. The van der Waals surface area contributed by atoms with E-state index in [1.807, 2.05) is 18.4 Å². The fourth-order valence-corrected chi connectivity index (χ4v) is 4.50. The quantitative estimate of drug-likeness (QED) is 0.840. The lowest BCUT2D eigenvalue weighted by Crippen LogP contribution is -2.30. The molecule has 1 heterocycles. The van der Waals surface area contributed by atoms with Crippen LogP contribution in [0.2, 0.25) is 0 Å². The molecule has 1 atom stereocenters. The minimum atomic E-state index is 0.323. The Balaban J connectivity index is 2.04. The van der Waals surface area contributed by atoms with Crippen LogP contribution in [-0.4, -0.2) is 12.0 Å². The summed E-state index contributed by atoms with van der Waals surface area (Å²) in [7, 11) is 2.05. The Morgan fingerprint density at radius 1 is 1.40 bits per heavy atom. The number of aromatic nitrogens is 1. The monoisotopic (exact) mass is 350 g/mol. The van der Waals surface area contributed by atoms with Gasteiger partial charge in [-0.2, -0.15) is 0 Å². The van der Waals surface area contributed by atoms with Crippen molar-refractivity contribution in [3.63, 3.8) is 0 Å². The fraction of sp³-hybridized carbons (Fsp3) is 0.438. The molecule has 0 fully saturated rings. The van der Waals surface area contributed by atoms with Crippen molar-refractivity contribution in [2.75, 3.05) is 7.05 Å². The van der Waals surface area contributed by atoms with Gasteiger partial charge in [0.2, 0.25) is 0 Å². The number of hydrogen-bond donors (Lipinski definition) is 1. The molecule has 0 saturated carbocycles. The fourth-order valence-electron chi connectivity index (χ4n) is 2.91. The number of nitrogens with zero attached hydrogens (tertiary/aromatic N) is 1. The van der Waals surface area contributed by atoms with E-state index >= 15 is 0 Å². The van der Waals surface area contributed by atoms with Crippen LogP contribution in [0.3, 0.4) is 0 Å². The van der Waals surface area contributed by atoms with Gasteiger partial charge >= 0.3 is 0 Å². The largest absolute Gasteiger partial charge is 0.312 e. The van der Waals surface area contributed by atoms with Crippen LogP contribution in [0.15, 0.2) is 28.7 Å². The molecule has 106 valence electrons. The van der Waals surface area contributed by atoms with E-state index in [4.69, 9.17) is 4.98 Å². The van der Waals surface area contributed by atoms with Crippen molar-refractivity contribution in [1.82, 2.24) is 10.3 Å². The minimum Gasteiger partial charge on any atom is -0.312 e. The van der Waals surface area contributed by atoms with Crippen molar-refractivity contribution in [2.24, 2.45) is 5.41 Å². The van der Waals surface area contributed by atoms with Crippen LogP contribution in [0.5, 0.6) is 0 Å². The molecule has 3 rings (SSSR count). The van der Waals surface area contributed by atoms with Gasteiger partial charge in [0.05, 0.1) is 5.69 Å². The van der Waals surface area contributed by atoms with Crippen LogP contribution in [0.4, 0.5) is 0 Å². The van der Waals surface area contributed by atoms with Gasteiger partial charge in [-0.1, -0.05) is 41.9 Å². The molecule has 4 heteroatoms. The highest BCUT2D eigenvalue weighted by molar-refractivity contribution is 9.10. The predicted molar refractivity (Wildman–Crippen MR) is 89.2 cm³/mol. The summed E-state index contributed by atoms with van der Waals surface area (Å²) in [5, 5.41) is 4.59. The lowest BCUT2D eigenvalue weighted by molar-refractivity contribution is 0.265. The maximum absolute atomic E-state index is 4.91. The molecule has 0 amide bonds. The zero-order chi connectivity index (χ0) is 14.3. The van der Waals surface area contributed by atoms with Gasteiger partial charge in [0.25, 0.3) is 0 Å². The van der Waals surface area contributed by atoms with Crippen molar-refractivity contribution in [2.45, 2.75) is 32.7 Å². The number of rotatable bonds is 2. The van der Waals surface area contributed by atoms with Gasteiger partial charge in [0.15, 0.2) is 0 Å². The van der Waals surface area contributed by atoms with Crippen LogP contribution >= 0.6 is 27.3 Å². The zero-order valence-corrected chi connectivity index (χ0v) is 14.4. The van der Waals surface area contributed by atoms with E-state index in [0.717, 1.165) is 15.9 Å². The highest BCUT2D eigenvalue weighted by atomic mass is 79.9. The Bertz CT molecular complexity index is 633. The van der Waals surface area contributed by atoms with Gasteiger partial charge in [0.1, 0.15) is 5.01 Å². The van der Waals surface area contributed by atoms with E-state index in [9.17, 15) is 0 Å². The average Bonchev–Trinajstić information content (AvgIpc) is 2.80. The lowest BCUT2D eigenvalue weighted by atomic mass is 9.76. The second-order valence-corrected chi connectivity index (χ2v) is 8.17. The second kappa shape index (κ2) is 5.24. The molecule has 0 bridgehead atoms. The SMILES string of the molecule is CNC1CC(C)(C)Cc2nc(-c3cccc(Br)c3)sc21. The van der Waals surface area contributed by atoms with Crippen LogP contribution in [0.1, 0.15) is 36.9 Å². The normalized spacial score (nSPS) is 20.7. The maximum atomic E-state index is 4.91. The Labute approximate surface area is 132 Å². The highest BCUT2D eigenvalue weighted by Gasteiger charge is 2.34. The summed E-state index contributed by atoms with van der Waals surface area (Å²) in [5.74, 6) is 0. The molecular formula is C16H19BrN2S. The first-order valence-electron chi connectivity index (χ1n) is 6.91. The Morgan fingerprint density at radius 2 is 2.20 bits per heavy atom. The zero-order valence-electron chi connectivity index (χ0n) is 12.0. The lowest BCUT2D eigenvalue weighted by Gasteiger charge is -2.34. The summed E-state index contributed by atoms with van der Waals surface area (Å²) in [5.41, 5.74) is 2.80. The molecule has 1 N–H and O–H groups in total. The first-order chi connectivity index (χ1) is 9.48. The molecule has 0 saturated heterocycles. The minimum absolute atomic E-state index is 0.323. The van der Waals surface area contributed by atoms with E-state index in [-0.39, 0.29) is 0 Å². The summed E-state index contributed by atoms with van der Waals surface area (Å²) >= 11 is 5.38. The number of benzene rings is 1. The van der Waals surface area contributed by atoms with Gasteiger partial charge in [-0.3, -0.25) is 0 Å². The summed E-state index contributed by atoms with van der Waals surface area (Å²) in [6.07, 6.45) is 2.25. The second-order valence-electron chi connectivity index (χ2n) is 6.23. The molecular weight excluding hydrogens is 332 g/mol. The van der Waals surface area contributed by atoms with Crippen molar-refractivity contribution in [3.05, 3.63) is 39.3 Å². The molecule has 2 nitrogen and oxygen atoms in total. The Hall–Kier alpha value is -0.710. The van der Waals surface area contributed by atoms with E-state index < -0.39 is 0 Å². The number of nitrogens with one attached hydrogen (secondary N) is 1. The van der Waals surface area contributed by atoms with Crippen molar-refractivity contribution in [3.8, 4) is 10.6 Å². The summed E-state index contributed by atoms with van der Waals surface area (Å²) in [6, 6.07) is 8.83. The average molecular weight is 351 g/mol. The topological polar surface area (TPSA) is 24.9 Å². The van der Waals surface area contributed by atoms with Crippen LogP contribution in [-0.2, 0) is 6.42 Å². The van der Waals surface area contributed by atoms with Crippen LogP contribution < -0.4 is 5.32 Å². The molecule has 1 unspecified atom stereocenters. The van der Waals surface area contributed by atoms with Crippen molar-refractivity contribution < 1.29 is 0 Å².